The van der Waals surface area contributed by atoms with Crippen LogP contribution in [0.2, 0.25) is 10.0 Å². The predicted octanol–water partition coefficient (Wildman–Crippen LogP) is 18.3. The van der Waals surface area contributed by atoms with Gasteiger partial charge in [0.2, 0.25) is 5.91 Å². The molecule has 8 saturated carbocycles. The molecule has 6 bridgehead atoms. The van der Waals surface area contributed by atoms with Crippen LogP contribution in [0.5, 0.6) is 5.75 Å². The lowest BCUT2D eigenvalue weighted by Gasteiger charge is -2.42. The van der Waals surface area contributed by atoms with E-state index in [-0.39, 0.29) is 12.0 Å². The highest BCUT2D eigenvalue weighted by molar-refractivity contribution is 6.31. The number of para-hydroxylation sites is 4. The minimum atomic E-state index is -0.380. The lowest BCUT2D eigenvalue weighted by molar-refractivity contribution is -0.114. The summed E-state index contributed by atoms with van der Waals surface area (Å²) in [6.07, 6.45) is 32.9. The Labute approximate surface area is 706 Å². The van der Waals surface area contributed by atoms with Gasteiger partial charge >= 0.3 is 6.09 Å². The number of allylic oxidation sites excluding steroid dienone is 4. The van der Waals surface area contributed by atoms with Crippen molar-refractivity contribution in [2.24, 2.45) is 82.9 Å². The molecule has 2 amide bonds. The van der Waals surface area contributed by atoms with Gasteiger partial charge in [-0.05, 0) is 278 Å². The molecular weight excluding hydrogens is 1480 g/mol. The van der Waals surface area contributed by atoms with Crippen LogP contribution in [-0.4, -0.2) is 213 Å². The van der Waals surface area contributed by atoms with Gasteiger partial charge in [0.25, 0.3) is 0 Å². The smallest absolute Gasteiger partial charge is 0.411 e. The van der Waals surface area contributed by atoms with Gasteiger partial charge in [-0.2, -0.15) is 0 Å². The fourth-order valence-corrected chi connectivity index (χ4v) is 24.5. The summed E-state index contributed by atoms with van der Waals surface area (Å²) in [4.78, 5) is 49.0. The number of carbonyl (C=O) groups excluding carboxylic acids is 2. The standard InChI is InChI=1S/C21H31N3O2.C20H29N3O.C20H28N2O.C19H25ClN2.C18H25ClN2/c1-2-26-21(25)22-19-5-3-4-6-20(19)24-11-9-23(10-12-24)15-18-14-16-7-8-17(18)13-16;1-15(24)21-19-4-2-3-5-20(19)23-12-10-22(11-13-23)14-17-7-6-16-8-9-18(16)17;1-15-3-6-20(23-2)19(11-15)22-9-7-21(8-10-22)14-16-12-17-4-5-18(17)13-16;1-14-2-5-18(20)12-19(14)22-8-6-21(7-9-22)13-17-11-15-3-4-16(17)10-15;1-13-2-5-16(19)12-17(13)20-6-8-21(9-7-20)18-11-14-3-4-15(18)10-14/h3-6,16-18H,2,7-15H2,1H3,(H,22,25);2-5,16-18H,6-14H2,1H3,(H,21,24);3-6,11,16-18H,7-10,12-14H2,1-2H3;2-5,12,15-17H,6-11,13H2,1H3;2,5,12,14-15,18H,3-4,6-11H2,1H3. The number of hydrogen-bond acceptors (Lipinski definition) is 14. The topological polar surface area (TPSA) is 109 Å². The van der Waals surface area contributed by atoms with E-state index in [2.05, 4.69) is 165 Å². The molecule has 5 heterocycles. The SMILES string of the molecule is CC(=O)Nc1ccccc1N1CCN(CC2CCC3CCC32)CC1.CCOC(=O)Nc1ccccc1N1CCN(CC2CC3CCC2C3)CC1.COc1ccc(C)cc1N1CCN(CC2CC3C=CC3C2)CC1.Cc1ccc(Cl)cc1N1CCN(C2CC3CCC2C3)CC1.Cc1ccc(Cl)cc1N1CCN(CC2CC3C=CC2C3)CC1. The number of benzene rings is 5. The maximum absolute atomic E-state index is 11.8. The molecule has 5 aliphatic heterocycles. The molecule has 14 atom stereocenters. The number of ether oxygens (including phenoxy) is 2. The van der Waals surface area contributed by atoms with Crippen LogP contribution >= 0.6 is 23.2 Å². The maximum atomic E-state index is 11.8. The van der Waals surface area contributed by atoms with Crippen LogP contribution in [0.4, 0.5) is 44.6 Å². The number of nitrogens with one attached hydrogen (secondary N) is 2. The van der Waals surface area contributed by atoms with Gasteiger partial charge < -0.3 is 39.3 Å². The molecule has 5 aromatic rings. The van der Waals surface area contributed by atoms with Gasteiger partial charge in [0.05, 0.1) is 42.2 Å². The molecule has 116 heavy (non-hydrogen) atoms. The number of aryl methyl sites for hydroxylation is 3. The first-order valence-corrected chi connectivity index (χ1v) is 46.6. The van der Waals surface area contributed by atoms with Gasteiger partial charge in [-0.25, -0.2) is 4.79 Å². The van der Waals surface area contributed by atoms with Crippen LogP contribution in [0.1, 0.15) is 133 Å². The number of amides is 2. The summed E-state index contributed by atoms with van der Waals surface area (Å²) in [5.41, 5.74) is 11.9. The molecule has 2 N–H and O–H groups in total. The van der Waals surface area contributed by atoms with E-state index in [1.54, 1.807) is 14.0 Å². The minimum Gasteiger partial charge on any atom is -0.495 e. The Morgan fingerprint density at radius 1 is 0.422 bits per heavy atom. The van der Waals surface area contributed by atoms with Gasteiger partial charge in [-0.3, -0.25) is 34.6 Å². The van der Waals surface area contributed by atoms with Crippen molar-refractivity contribution in [3.8, 4) is 5.75 Å². The van der Waals surface area contributed by atoms with Gasteiger partial charge in [0.15, 0.2) is 0 Å². The van der Waals surface area contributed by atoms with E-state index in [9.17, 15) is 9.59 Å². The van der Waals surface area contributed by atoms with Crippen LogP contribution in [0.3, 0.4) is 0 Å². The van der Waals surface area contributed by atoms with Gasteiger partial charge in [-0.15, -0.1) is 0 Å². The molecule has 0 aromatic heterocycles. The number of fused-ring (bicyclic) bond motifs is 8. The third kappa shape index (κ3) is 20.6. The first-order chi connectivity index (χ1) is 56.5. The molecule has 10 aliphatic carbocycles. The second-order valence-electron chi connectivity index (χ2n) is 37.9. The lowest BCUT2D eigenvalue weighted by Crippen LogP contribution is -2.51. The van der Waals surface area contributed by atoms with E-state index in [0.717, 1.165) is 219 Å². The quantitative estimate of drug-likeness (QED) is 0.0813. The van der Waals surface area contributed by atoms with E-state index < -0.39 is 0 Å². The fourth-order valence-electron chi connectivity index (χ4n) is 24.2. The number of rotatable bonds is 18. The second kappa shape index (κ2) is 38.9. The number of halogens is 2. The van der Waals surface area contributed by atoms with Crippen molar-refractivity contribution >= 4 is 75.0 Å². The highest BCUT2D eigenvalue weighted by atomic mass is 35.5. The Morgan fingerprint density at radius 3 is 1.39 bits per heavy atom. The third-order valence-corrected chi connectivity index (χ3v) is 31.1. The number of carbonyl (C=O) groups is 2. The van der Waals surface area contributed by atoms with E-state index in [1.165, 1.54) is 202 Å². The maximum Gasteiger partial charge on any atom is 0.411 e. The van der Waals surface area contributed by atoms with E-state index in [4.69, 9.17) is 32.7 Å². The van der Waals surface area contributed by atoms with Crippen molar-refractivity contribution in [1.29, 1.82) is 0 Å². The highest BCUT2D eigenvalue weighted by Gasteiger charge is 2.46. The second-order valence-corrected chi connectivity index (χ2v) is 38.8. The van der Waals surface area contributed by atoms with E-state index >= 15 is 0 Å². The van der Waals surface area contributed by atoms with Crippen LogP contribution < -0.4 is 39.9 Å². The third-order valence-electron chi connectivity index (χ3n) is 30.6. The first kappa shape index (κ1) is 83.2. The zero-order valence-electron chi connectivity index (χ0n) is 71.1. The van der Waals surface area contributed by atoms with Gasteiger partial charge in [0, 0.05) is 191 Å². The molecule has 628 valence electrons. The molecule has 16 nitrogen and oxygen atoms in total. The first-order valence-electron chi connectivity index (χ1n) is 45.9. The summed E-state index contributed by atoms with van der Waals surface area (Å²) in [5.74, 6) is 14.5. The molecule has 15 aliphatic rings. The van der Waals surface area contributed by atoms with Crippen molar-refractivity contribution in [1.82, 2.24) is 24.5 Å². The minimum absolute atomic E-state index is 0.00243. The van der Waals surface area contributed by atoms with Crippen LogP contribution in [0.25, 0.3) is 0 Å². The fraction of sp³-hybridized carbons (Fsp3) is 0.633. The lowest BCUT2D eigenvalue weighted by atomic mass is 9.72. The number of anilines is 7. The Kier molecular flexibility index (Phi) is 27.9. The van der Waals surface area contributed by atoms with Crippen molar-refractivity contribution in [2.45, 2.75) is 143 Å². The van der Waals surface area contributed by atoms with Crippen molar-refractivity contribution < 1.29 is 19.1 Å². The summed E-state index contributed by atoms with van der Waals surface area (Å²) >= 11 is 12.3. The zero-order valence-corrected chi connectivity index (χ0v) is 72.6. The molecule has 14 unspecified atom stereocenters. The van der Waals surface area contributed by atoms with Crippen molar-refractivity contribution in [2.75, 3.05) is 206 Å². The number of hydrogen-bond donors (Lipinski definition) is 2. The van der Waals surface area contributed by atoms with E-state index in [0.29, 0.717) is 6.61 Å². The summed E-state index contributed by atoms with van der Waals surface area (Å²) in [6.45, 7) is 38.1. The van der Waals surface area contributed by atoms with Gasteiger partial charge in [-0.1, -0.05) is 103 Å². The van der Waals surface area contributed by atoms with Gasteiger partial charge in [0.1, 0.15) is 5.75 Å². The molecule has 13 fully saturated rings. The Hall–Kier alpha value is -6.50. The molecule has 0 spiro atoms. The monoisotopic (exact) mass is 1620 g/mol. The Balaban J connectivity index is 0.000000109. The zero-order chi connectivity index (χ0) is 79.8. The number of piperazine rings is 5. The summed E-state index contributed by atoms with van der Waals surface area (Å²) in [6, 6.07) is 36.1. The summed E-state index contributed by atoms with van der Waals surface area (Å²) in [5, 5.41) is 7.54. The van der Waals surface area contributed by atoms with E-state index in [1.807, 2.05) is 49.4 Å². The van der Waals surface area contributed by atoms with Crippen LogP contribution in [-0.2, 0) is 9.53 Å². The van der Waals surface area contributed by atoms with Crippen molar-refractivity contribution in [3.63, 3.8) is 0 Å². The summed E-state index contributed by atoms with van der Waals surface area (Å²) < 4.78 is 10.6. The summed E-state index contributed by atoms with van der Waals surface area (Å²) in [7, 11) is 1.77. The molecular formula is C98H138Cl2N12O4. The highest BCUT2D eigenvalue weighted by Crippen LogP contribution is 2.52. The normalized spacial score (nSPS) is 30.4. The Bertz CT molecular complexity index is 4110. The average Bonchev–Trinajstić information content (AvgIpc) is 1.60. The van der Waals surface area contributed by atoms with Crippen LogP contribution in [0.15, 0.2) is 127 Å². The molecule has 18 heteroatoms. The number of nitrogens with zero attached hydrogens (tertiary/aromatic N) is 10. The predicted molar refractivity (Wildman–Crippen MR) is 481 cm³/mol. The molecule has 20 rings (SSSR count). The molecule has 5 aromatic carbocycles. The average molecular weight is 1620 g/mol. The largest absolute Gasteiger partial charge is 0.495 e. The number of methoxy groups -OCH3 is 1. The van der Waals surface area contributed by atoms with Crippen LogP contribution in [0, 0.1) is 104 Å². The molecule has 0 radical (unpaired) electrons. The molecule has 5 saturated heterocycles. The Morgan fingerprint density at radius 2 is 0.914 bits per heavy atom. The van der Waals surface area contributed by atoms with Crippen molar-refractivity contribution in [3.05, 3.63) is 154 Å².